The van der Waals surface area contributed by atoms with E-state index in [-0.39, 0.29) is 17.9 Å². The van der Waals surface area contributed by atoms with Gasteiger partial charge in [-0.1, -0.05) is 0 Å². The number of fused-ring (bicyclic) bond motifs is 4. The number of aliphatic imine (C=N–C) groups is 1. The molecule has 0 bridgehead atoms. The third kappa shape index (κ3) is 8.34. The minimum Gasteiger partial charge on any atom is -0.400 e. The number of thiazole rings is 2. The van der Waals surface area contributed by atoms with E-state index in [4.69, 9.17) is 21.1 Å². The van der Waals surface area contributed by atoms with Gasteiger partial charge in [-0.05, 0) is 48.2 Å². The minimum absolute atomic E-state index is 0.0239. The fraction of sp³-hybridized carbons (Fsp3) is 0.419. The standard InChI is InChI=1S/C15H16N4OS2.C11H9N3S.C4H10N2OS.CH4O/c1-16-13(20)10-7-21-14(18-10)15-17-9-5-8-3-4-19(2)11(8)6-12(9)22-15;1-14-3-2-7-4-8-10(5-9(7)14)15-11(6-12)13-8;1-6-4(7)3(5)2-8;1-2/h5-6,10H,3-4,7H2,1-2H3,(H,16,20);4-5H,2-3H2,1H3;3,8H,2,5H2,1H3,(H,6,7);2H,1H3/t10-;;3-;/m1.1./s1. The van der Waals surface area contributed by atoms with Crippen molar-refractivity contribution in [2.45, 2.75) is 24.9 Å². The summed E-state index contributed by atoms with van der Waals surface area (Å²) >= 11 is 8.57. The number of aliphatic hydroxyl groups is 1. The predicted octanol–water partition coefficient (Wildman–Crippen LogP) is 2.65. The van der Waals surface area contributed by atoms with Gasteiger partial charge in [0.15, 0.2) is 5.01 Å². The number of nitriles is 1. The molecule has 2 amide bonds. The Balaban J connectivity index is 0.000000173. The van der Waals surface area contributed by atoms with Crippen molar-refractivity contribution >= 4 is 95.7 Å². The van der Waals surface area contributed by atoms with E-state index in [0.29, 0.717) is 16.5 Å². The molecular formula is C31H39N9O3S4. The normalized spacial score (nSPS) is 16.4. The smallest absolute Gasteiger partial charge is 0.245 e. The van der Waals surface area contributed by atoms with Gasteiger partial charge in [0.05, 0.1) is 26.5 Å². The van der Waals surface area contributed by atoms with E-state index in [9.17, 15) is 9.59 Å². The van der Waals surface area contributed by atoms with Crippen LogP contribution in [0.15, 0.2) is 29.3 Å². The second kappa shape index (κ2) is 16.6. The van der Waals surface area contributed by atoms with E-state index in [0.717, 1.165) is 58.8 Å². The molecule has 0 saturated carbocycles. The maximum atomic E-state index is 11.7. The number of aliphatic hydroxyl groups excluding tert-OH is 1. The lowest BCUT2D eigenvalue weighted by molar-refractivity contribution is -0.122. The molecule has 2 atom stereocenters. The minimum atomic E-state index is -0.469. The van der Waals surface area contributed by atoms with Crippen LogP contribution < -0.4 is 26.2 Å². The Morgan fingerprint density at radius 2 is 1.60 bits per heavy atom. The van der Waals surface area contributed by atoms with Crippen LogP contribution in [0.25, 0.3) is 20.4 Å². The van der Waals surface area contributed by atoms with Crippen LogP contribution in [-0.4, -0.2) is 104 Å². The third-order valence-electron chi connectivity index (χ3n) is 7.69. The molecule has 250 valence electrons. The van der Waals surface area contributed by atoms with Crippen LogP contribution in [0.4, 0.5) is 11.4 Å². The highest BCUT2D eigenvalue weighted by atomic mass is 32.2. The van der Waals surface area contributed by atoms with Crippen molar-refractivity contribution < 1.29 is 14.7 Å². The van der Waals surface area contributed by atoms with Gasteiger partial charge in [0.1, 0.15) is 22.2 Å². The first-order chi connectivity index (χ1) is 22.6. The van der Waals surface area contributed by atoms with E-state index >= 15 is 0 Å². The number of thioether (sulfide) groups is 1. The first kappa shape index (κ1) is 36.4. The van der Waals surface area contributed by atoms with Crippen LogP contribution in [0.1, 0.15) is 21.1 Å². The van der Waals surface area contributed by atoms with Gasteiger partial charge < -0.3 is 31.3 Å². The Morgan fingerprint density at radius 1 is 1.02 bits per heavy atom. The van der Waals surface area contributed by atoms with Crippen molar-refractivity contribution in [3.8, 4) is 6.07 Å². The van der Waals surface area contributed by atoms with Crippen LogP contribution in [0, 0.1) is 11.3 Å². The zero-order valence-electron chi connectivity index (χ0n) is 26.9. The fourth-order valence-corrected chi connectivity index (χ4v) is 8.17. The molecule has 0 saturated heterocycles. The number of anilines is 2. The number of carbonyl (C=O) groups is 2. The van der Waals surface area contributed by atoms with Crippen LogP contribution in [0.2, 0.25) is 0 Å². The summed E-state index contributed by atoms with van der Waals surface area (Å²) in [5.74, 6) is 0.897. The third-order valence-corrected chi connectivity index (χ3v) is 11.2. The van der Waals surface area contributed by atoms with E-state index in [1.54, 1.807) is 37.2 Å². The quantitative estimate of drug-likeness (QED) is 0.198. The second-order valence-corrected chi connectivity index (χ2v) is 14.1. The number of nitrogens with zero attached hydrogens (tertiary/aromatic N) is 6. The number of carbonyl (C=O) groups excluding carboxylic acids is 2. The van der Waals surface area contributed by atoms with Crippen molar-refractivity contribution in [3.05, 3.63) is 45.4 Å². The molecule has 47 heavy (non-hydrogen) atoms. The van der Waals surface area contributed by atoms with Crippen molar-refractivity contribution in [2.75, 3.05) is 69.7 Å². The lowest BCUT2D eigenvalue weighted by Gasteiger charge is -2.10. The Morgan fingerprint density at radius 3 is 2.11 bits per heavy atom. The van der Waals surface area contributed by atoms with Crippen LogP contribution in [0.3, 0.4) is 0 Å². The number of thiol groups is 1. The number of amides is 2. The Hall–Kier alpha value is -3.46. The number of hydrogen-bond acceptors (Lipinski definition) is 14. The largest absolute Gasteiger partial charge is 0.400 e. The van der Waals surface area contributed by atoms with Crippen molar-refractivity contribution in [1.29, 1.82) is 5.26 Å². The summed E-state index contributed by atoms with van der Waals surface area (Å²) in [5, 5.41) is 23.2. The average Bonchev–Trinajstić information content (AvgIpc) is 3.94. The molecule has 4 aromatic rings. The zero-order chi connectivity index (χ0) is 34.2. The molecule has 7 rings (SSSR count). The summed E-state index contributed by atoms with van der Waals surface area (Å²) in [4.78, 5) is 40.2. The number of aromatic nitrogens is 2. The van der Waals surface area contributed by atoms with Gasteiger partial charge in [-0.2, -0.15) is 17.9 Å². The molecular weight excluding hydrogens is 675 g/mol. The van der Waals surface area contributed by atoms with Crippen molar-refractivity contribution in [2.24, 2.45) is 10.7 Å². The monoisotopic (exact) mass is 713 g/mol. The number of nitrogens with one attached hydrogen (secondary N) is 2. The predicted molar refractivity (Wildman–Crippen MR) is 199 cm³/mol. The van der Waals surface area contributed by atoms with Gasteiger partial charge in [0.25, 0.3) is 0 Å². The van der Waals surface area contributed by atoms with Gasteiger partial charge in [0, 0.05) is 71.3 Å². The average molecular weight is 714 g/mol. The molecule has 5 heterocycles. The molecule has 2 aromatic heterocycles. The maximum absolute atomic E-state index is 11.7. The number of rotatable bonds is 4. The maximum Gasteiger partial charge on any atom is 0.245 e. The second-order valence-electron chi connectivity index (χ2n) is 10.7. The molecule has 3 aliphatic heterocycles. The van der Waals surface area contributed by atoms with Crippen LogP contribution >= 0.6 is 47.1 Å². The molecule has 2 aromatic carbocycles. The number of likely N-dealkylation sites (N-methyl/N-ethyl adjacent to an activating group) is 4. The van der Waals surface area contributed by atoms with Crippen LogP contribution in [-0.2, 0) is 22.4 Å². The summed E-state index contributed by atoms with van der Waals surface area (Å²) in [6.45, 7) is 2.16. The van der Waals surface area contributed by atoms with Gasteiger partial charge in [-0.3, -0.25) is 14.6 Å². The van der Waals surface area contributed by atoms with Crippen LogP contribution in [0.5, 0.6) is 0 Å². The van der Waals surface area contributed by atoms with Crippen molar-refractivity contribution in [1.82, 2.24) is 20.6 Å². The van der Waals surface area contributed by atoms with E-state index in [1.165, 1.54) is 38.5 Å². The van der Waals surface area contributed by atoms with Gasteiger partial charge >= 0.3 is 0 Å². The molecule has 5 N–H and O–H groups in total. The highest BCUT2D eigenvalue weighted by Gasteiger charge is 2.27. The first-order valence-corrected chi connectivity index (χ1v) is 18.0. The molecule has 16 heteroatoms. The van der Waals surface area contributed by atoms with Crippen molar-refractivity contribution in [3.63, 3.8) is 0 Å². The van der Waals surface area contributed by atoms with E-state index in [1.807, 2.05) is 0 Å². The number of hydrogen-bond donors (Lipinski definition) is 5. The topological polar surface area (TPSA) is 173 Å². The molecule has 0 fully saturated rings. The number of benzene rings is 2. The summed E-state index contributed by atoms with van der Waals surface area (Å²) in [6.07, 6.45) is 2.17. The molecule has 3 aliphatic rings. The highest BCUT2D eigenvalue weighted by molar-refractivity contribution is 8.15. The first-order valence-electron chi connectivity index (χ1n) is 14.8. The fourth-order valence-electron chi connectivity index (χ4n) is 5.14. The SMILES string of the molecule is CN1CCc2cc3nc(C#N)sc3cc21.CNC(=O)[C@H](N)CS.CNC(=O)[C@H]1CSC(c2nc3cc4c(cc3s2)N(C)CC4)=N1.CO. The molecule has 0 aliphatic carbocycles. The molecule has 0 unspecified atom stereocenters. The lowest BCUT2D eigenvalue weighted by Crippen LogP contribution is -2.39. The summed E-state index contributed by atoms with van der Waals surface area (Å²) in [5.41, 5.74) is 12.6. The zero-order valence-corrected chi connectivity index (χ0v) is 30.2. The molecule has 0 radical (unpaired) electrons. The number of nitrogens with two attached hydrogens (primary N) is 1. The van der Waals surface area contributed by atoms with E-state index in [2.05, 4.69) is 87.5 Å². The van der Waals surface area contributed by atoms with Gasteiger partial charge in [-0.25, -0.2) is 9.97 Å². The van der Waals surface area contributed by atoms with E-state index < -0.39 is 6.04 Å². The van der Waals surface area contributed by atoms with Gasteiger partial charge in [0.2, 0.25) is 11.8 Å². The molecule has 12 nitrogen and oxygen atoms in total. The highest BCUT2D eigenvalue weighted by Crippen LogP contribution is 2.36. The van der Waals surface area contributed by atoms with Gasteiger partial charge in [-0.15, -0.1) is 34.4 Å². The Kier molecular flexibility index (Phi) is 12.8. The summed E-state index contributed by atoms with van der Waals surface area (Å²) < 4.78 is 2.30. The lowest BCUT2D eigenvalue weighted by atomic mass is 10.1. The Labute approximate surface area is 291 Å². The molecule has 0 spiro atoms. The summed E-state index contributed by atoms with van der Waals surface area (Å²) in [6, 6.07) is 10.0. The Bertz CT molecular complexity index is 1820. The summed E-state index contributed by atoms with van der Waals surface area (Å²) in [7, 11) is 8.43.